The molecule has 4 heteroatoms. The van der Waals surface area contributed by atoms with Crippen molar-refractivity contribution in [1.82, 2.24) is 10.2 Å². The maximum Gasteiger partial charge on any atom is 0.234 e. The molecular weight excluding hydrogens is 236 g/mol. The van der Waals surface area contributed by atoms with Crippen molar-refractivity contribution in [3.05, 3.63) is 0 Å². The molecule has 2 aliphatic rings. The Hall–Kier alpha value is -0.280. The van der Waals surface area contributed by atoms with Crippen LogP contribution in [0, 0.1) is 11.8 Å². The van der Waals surface area contributed by atoms with Gasteiger partial charge in [0.2, 0.25) is 5.91 Å². The number of halogens is 1. The van der Waals surface area contributed by atoms with E-state index in [9.17, 15) is 4.79 Å². The molecule has 2 rings (SSSR count). The Kier molecular flexibility index (Phi) is 5.74. The Balaban J connectivity index is 0.00000144. The number of amides is 1. The van der Waals surface area contributed by atoms with E-state index in [1.165, 1.54) is 25.7 Å². The summed E-state index contributed by atoms with van der Waals surface area (Å²) in [5, 5.41) is 3.23. The van der Waals surface area contributed by atoms with E-state index in [2.05, 4.69) is 24.1 Å². The van der Waals surface area contributed by atoms with Crippen molar-refractivity contribution < 1.29 is 4.79 Å². The fourth-order valence-corrected chi connectivity index (χ4v) is 3.32. The van der Waals surface area contributed by atoms with Gasteiger partial charge >= 0.3 is 0 Å². The topological polar surface area (TPSA) is 32.3 Å². The minimum atomic E-state index is 0. The van der Waals surface area contributed by atoms with Crippen molar-refractivity contribution in [1.29, 1.82) is 0 Å². The molecule has 17 heavy (non-hydrogen) atoms. The second kappa shape index (κ2) is 6.60. The van der Waals surface area contributed by atoms with Crippen molar-refractivity contribution >= 4 is 18.3 Å². The lowest BCUT2D eigenvalue weighted by atomic mass is 9.95. The third kappa shape index (κ3) is 3.59. The van der Waals surface area contributed by atoms with E-state index < -0.39 is 0 Å². The number of carbonyl (C=O) groups excluding carboxylic acids is 1. The average molecular weight is 261 g/mol. The van der Waals surface area contributed by atoms with Crippen LogP contribution >= 0.6 is 12.4 Å². The van der Waals surface area contributed by atoms with E-state index in [1.54, 1.807) is 0 Å². The Morgan fingerprint density at radius 1 is 1.24 bits per heavy atom. The molecule has 0 aromatic carbocycles. The van der Waals surface area contributed by atoms with Gasteiger partial charge in [0.1, 0.15) is 0 Å². The predicted octanol–water partition coefficient (Wildman–Crippen LogP) is 2.05. The molecule has 0 heterocycles. The summed E-state index contributed by atoms with van der Waals surface area (Å²) in [6.07, 6.45) is 5.32. The SMILES string of the molecule is CCN(CC)CC(=O)N[C@H]1C[C@@H]2CC[C@H]1C2.Cl. The van der Waals surface area contributed by atoms with Gasteiger partial charge in [-0.15, -0.1) is 12.4 Å². The molecule has 1 N–H and O–H groups in total. The van der Waals surface area contributed by atoms with Gasteiger partial charge in [0.05, 0.1) is 6.54 Å². The van der Waals surface area contributed by atoms with Crippen molar-refractivity contribution in [2.45, 2.75) is 45.6 Å². The van der Waals surface area contributed by atoms with Crippen molar-refractivity contribution in [2.24, 2.45) is 11.8 Å². The standard InChI is InChI=1S/C13H24N2O.ClH/c1-3-15(4-2)9-13(16)14-12-8-10-5-6-11(12)7-10;/h10-12H,3-9H2,1-2H3,(H,14,16);1H/t10-,11+,12+;/m1./s1. The number of rotatable bonds is 5. The molecule has 0 saturated heterocycles. The van der Waals surface area contributed by atoms with Gasteiger partial charge in [0.15, 0.2) is 0 Å². The predicted molar refractivity (Wildman–Crippen MR) is 72.4 cm³/mol. The first-order chi connectivity index (χ1) is 7.72. The maximum absolute atomic E-state index is 11.9. The summed E-state index contributed by atoms with van der Waals surface area (Å²) in [4.78, 5) is 14.0. The highest BCUT2D eigenvalue weighted by Crippen LogP contribution is 2.44. The fourth-order valence-electron chi connectivity index (χ4n) is 3.32. The summed E-state index contributed by atoms with van der Waals surface area (Å²) >= 11 is 0. The fraction of sp³-hybridized carbons (Fsp3) is 0.923. The lowest BCUT2D eigenvalue weighted by molar-refractivity contribution is -0.123. The van der Waals surface area contributed by atoms with Crippen LogP contribution < -0.4 is 5.32 Å². The number of nitrogens with one attached hydrogen (secondary N) is 1. The van der Waals surface area contributed by atoms with Crippen molar-refractivity contribution in [3.8, 4) is 0 Å². The largest absolute Gasteiger partial charge is 0.352 e. The normalized spacial score (nSPS) is 30.4. The smallest absolute Gasteiger partial charge is 0.234 e. The number of nitrogens with zero attached hydrogens (tertiary/aromatic N) is 1. The van der Waals surface area contributed by atoms with E-state index >= 15 is 0 Å². The molecule has 0 unspecified atom stereocenters. The zero-order chi connectivity index (χ0) is 11.5. The molecule has 0 aromatic heterocycles. The molecule has 0 aromatic rings. The second-order valence-corrected chi connectivity index (χ2v) is 5.31. The summed E-state index contributed by atoms with van der Waals surface area (Å²) in [5.74, 6) is 1.91. The van der Waals surface area contributed by atoms with Gasteiger partial charge in [-0.3, -0.25) is 9.69 Å². The Labute approximate surface area is 111 Å². The Bertz CT molecular complexity index is 256. The van der Waals surface area contributed by atoms with Crippen LogP contribution in [-0.4, -0.2) is 36.5 Å². The highest BCUT2D eigenvalue weighted by molar-refractivity contribution is 5.85. The first-order valence-electron chi connectivity index (χ1n) is 6.74. The number of likely N-dealkylation sites (N-methyl/N-ethyl adjacent to an activating group) is 1. The molecule has 2 aliphatic carbocycles. The summed E-state index contributed by atoms with van der Waals surface area (Å²) in [5.41, 5.74) is 0. The van der Waals surface area contributed by atoms with Crippen LogP contribution in [0.2, 0.25) is 0 Å². The zero-order valence-corrected chi connectivity index (χ0v) is 11.8. The lowest BCUT2D eigenvalue weighted by Crippen LogP contribution is -2.44. The number of hydrogen-bond acceptors (Lipinski definition) is 2. The van der Waals surface area contributed by atoms with Gasteiger partial charge < -0.3 is 5.32 Å². The molecule has 2 fully saturated rings. The van der Waals surface area contributed by atoms with Gasteiger partial charge in [-0.05, 0) is 44.2 Å². The molecule has 2 saturated carbocycles. The molecule has 100 valence electrons. The molecule has 0 aliphatic heterocycles. The summed E-state index contributed by atoms with van der Waals surface area (Å²) < 4.78 is 0. The van der Waals surface area contributed by atoms with E-state index in [-0.39, 0.29) is 18.3 Å². The quantitative estimate of drug-likeness (QED) is 0.821. The summed E-state index contributed by atoms with van der Waals surface area (Å²) in [7, 11) is 0. The average Bonchev–Trinajstić information content (AvgIpc) is 2.87. The van der Waals surface area contributed by atoms with Crippen LogP contribution in [0.15, 0.2) is 0 Å². The molecule has 0 radical (unpaired) electrons. The third-order valence-corrected chi connectivity index (χ3v) is 4.35. The summed E-state index contributed by atoms with van der Waals surface area (Å²) in [6, 6.07) is 0.488. The lowest BCUT2D eigenvalue weighted by Gasteiger charge is -2.25. The monoisotopic (exact) mass is 260 g/mol. The molecule has 1 amide bonds. The van der Waals surface area contributed by atoms with Gasteiger partial charge in [0.25, 0.3) is 0 Å². The highest BCUT2D eigenvalue weighted by Gasteiger charge is 2.40. The van der Waals surface area contributed by atoms with Crippen LogP contribution in [0.3, 0.4) is 0 Å². The van der Waals surface area contributed by atoms with E-state index in [0.29, 0.717) is 12.6 Å². The number of fused-ring (bicyclic) bond motifs is 2. The van der Waals surface area contributed by atoms with Crippen LogP contribution in [-0.2, 0) is 4.79 Å². The van der Waals surface area contributed by atoms with E-state index in [0.717, 1.165) is 24.9 Å². The van der Waals surface area contributed by atoms with Gasteiger partial charge in [-0.1, -0.05) is 20.3 Å². The van der Waals surface area contributed by atoms with E-state index in [1.807, 2.05) is 0 Å². The Morgan fingerprint density at radius 3 is 2.41 bits per heavy atom. The Morgan fingerprint density at radius 2 is 1.94 bits per heavy atom. The van der Waals surface area contributed by atoms with Crippen LogP contribution in [0.25, 0.3) is 0 Å². The molecule has 3 nitrogen and oxygen atoms in total. The molecular formula is C13H25ClN2O. The van der Waals surface area contributed by atoms with Crippen LogP contribution in [0.4, 0.5) is 0 Å². The van der Waals surface area contributed by atoms with Crippen LogP contribution in [0.1, 0.15) is 39.5 Å². The number of hydrogen-bond donors (Lipinski definition) is 1. The first kappa shape index (κ1) is 14.8. The maximum atomic E-state index is 11.9. The van der Waals surface area contributed by atoms with Gasteiger partial charge in [0, 0.05) is 6.04 Å². The summed E-state index contributed by atoms with van der Waals surface area (Å²) in [6.45, 7) is 6.70. The number of carbonyl (C=O) groups is 1. The minimum Gasteiger partial charge on any atom is -0.352 e. The zero-order valence-electron chi connectivity index (χ0n) is 10.9. The van der Waals surface area contributed by atoms with Crippen molar-refractivity contribution in [2.75, 3.05) is 19.6 Å². The highest BCUT2D eigenvalue weighted by atomic mass is 35.5. The molecule has 3 atom stereocenters. The second-order valence-electron chi connectivity index (χ2n) is 5.31. The molecule has 0 spiro atoms. The molecule has 2 bridgehead atoms. The van der Waals surface area contributed by atoms with E-state index in [4.69, 9.17) is 0 Å². The van der Waals surface area contributed by atoms with Crippen LogP contribution in [0.5, 0.6) is 0 Å². The van der Waals surface area contributed by atoms with Gasteiger partial charge in [-0.2, -0.15) is 0 Å². The van der Waals surface area contributed by atoms with Crippen molar-refractivity contribution in [3.63, 3.8) is 0 Å². The third-order valence-electron chi connectivity index (χ3n) is 4.35. The minimum absolute atomic E-state index is 0. The first-order valence-corrected chi connectivity index (χ1v) is 6.74. The van der Waals surface area contributed by atoms with Gasteiger partial charge in [-0.25, -0.2) is 0 Å².